The van der Waals surface area contributed by atoms with E-state index in [0.717, 1.165) is 11.3 Å². The molecule has 7 heteroatoms. The van der Waals surface area contributed by atoms with Gasteiger partial charge in [-0.2, -0.15) is 0 Å². The lowest BCUT2D eigenvalue weighted by Crippen LogP contribution is -2.00. The fraction of sp³-hybridized carbons (Fsp3) is 0. The van der Waals surface area contributed by atoms with Crippen molar-refractivity contribution in [3.05, 3.63) is 16.3 Å². The van der Waals surface area contributed by atoms with Gasteiger partial charge < -0.3 is 5.11 Å². The molecular formula is C5H5NO4S2. The summed E-state index contributed by atoms with van der Waals surface area (Å²) in [5.41, 5.74) is 0.114. The SMILES string of the molecule is O=C(O)c1sccc1N[SH](=O)=O. The first-order valence-corrected chi connectivity index (χ1v) is 4.89. The van der Waals surface area contributed by atoms with Crippen molar-refractivity contribution in [2.45, 2.75) is 0 Å². The summed E-state index contributed by atoms with van der Waals surface area (Å²) in [7, 11) is -2.80. The van der Waals surface area contributed by atoms with Gasteiger partial charge in [0.15, 0.2) is 0 Å². The average Bonchev–Trinajstić information content (AvgIpc) is 2.33. The number of anilines is 1. The Morgan fingerprint density at radius 3 is 2.75 bits per heavy atom. The molecule has 12 heavy (non-hydrogen) atoms. The van der Waals surface area contributed by atoms with Gasteiger partial charge in [0.05, 0.1) is 5.69 Å². The Hall–Kier alpha value is -1.08. The quantitative estimate of drug-likeness (QED) is 0.626. The van der Waals surface area contributed by atoms with E-state index in [1.54, 1.807) is 0 Å². The second-order valence-electron chi connectivity index (χ2n) is 1.84. The van der Waals surface area contributed by atoms with Crippen LogP contribution in [0, 0.1) is 0 Å². The molecule has 2 N–H and O–H groups in total. The second-order valence-corrected chi connectivity index (χ2v) is 3.49. The van der Waals surface area contributed by atoms with Crippen LogP contribution in [0.2, 0.25) is 0 Å². The third kappa shape index (κ3) is 1.95. The van der Waals surface area contributed by atoms with Crippen molar-refractivity contribution in [2.75, 3.05) is 4.72 Å². The summed E-state index contributed by atoms with van der Waals surface area (Å²) in [6, 6.07) is 1.40. The minimum absolute atomic E-state index is 0.00537. The van der Waals surface area contributed by atoms with Crippen LogP contribution in [-0.2, 0) is 10.9 Å². The van der Waals surface area contributed by atoms with Crippen molar-refractivity contribution in [1.29, 1.82) is 0 Å². The molecule has 0 aliphatic carbocycles. The highest BCUT2D eigenvalue weighted by Crippen LogP contribution is 2.21. The first-order valence-electron chi connectivity index (χ1n) is 2.83. The van der Waals surface area contributed by atoms with E-state index in [0.29, 0.717) is 0 Å². The van der Waals surface area contributed by atoms with E-state index in [1.807, 2.05) is 4.72 Å². The van der Waals surface area contributed by atoms with Gasteiger partial charge in [-0.05, 0) is 11.4 Å². The molecule has 0 fully saturated rings. The Morgan fingerprint density at radius 1 is 1.58 bits per heavy atom. The number of carboxylic acid groups (broad SMARTS) is 1. The number of hydrogen-bond acceptors (Lipinski definition) is 4. The lowest BCUT2D eigenvalue weighted by atomic mass is 10.4. The summed E-state index contributed by atoms with van der Waals surface area (Å²) >= 11 is 0.970. The molecule has 0 aromatic carbocycles. The number of carbonyl (C=O) groups is 1. The largest absolute Gasteiger partial charge is 0.477 e. The topological polar surface area (TPSA) is 83.5 Å². The summed E-state index contributed by atoms with van der Waals surface area (Å²) in [6.07, 6.45) is 0. The molecule has 0 saturated carbocycles. The van der Waals surface area contributed by atoms with Crippen LogP contribution in [0.5, 0.6) is 0 Å². The highest BCUT2D eigenvalue weighted by Gasteiger charge is 2.10. The van der Waals surface area contributed by atoms with Crippen LogP contribution in [0.1, 0.15) is 9.67 Å². The van der Waals surface area contributed by atoms with Gasteiger partial charge >= 0.3 is 5.97 Å². The zero-order valence-electron chi connectivity index (χ0n) is 5.68. The van der Waals surface area contributed by atoms with Gasteiger partial charge in [0.25, 0.3) is 0 Å². The summed E-state index contributed by atoms with van der Waals surface area (Å²) in [6.45, 7) is 0. The molecule has 0 bridgehead atoms. The molecule has 1 heterocycles. The van der Waals surface area contributed by atoms with Crippen molar-refractivity contribution in [3.63, 3.8) is 0 Å². The highest BCUT2D eigenvalue weighted by atomic mass is 32.2. The van der Waals surface area contributed by atoms with E-state index in [4.69, 9.17) is 5.11 Å². The van der Waals surface area contributed by atoms with Crippen molar-refractivity contribution in [3.8, 4) is 0 Å². The molecule has 1 aromatic heterocycles. The van der Waals surface area contributed by atoms with E-state index >= 15 is 0 Å². The number of nitrogens with one attached hydrogen (secondary N) is 1. The Bertz CT molecular complexity index is 359. The van der Waals surface area contributed by atoms with E-state index in [2.05, 4.69) is 0 Å². The number of rotatable bonds is 3. The maximum absolute atomic E-state index is 10.4. The molecule has 5 nitrogen and oxygen atoms in total. The average molecular weight is 207 g/mol. The molecule has 1 rings (SSSR count). The molecule has 0 aliphatic rings. The molecule has 66 valence electrons. The number of aromatic carboxylic acids is 1. The normalized spacial score (nSPS) is 10.1. The van der Waals surface area contributed by atoms with Crippen LogP contribution in [0.25, 0.3) is 0 Å². The summed E-state index contributed by atoms with van der Waals surface area (Å²) in [4.78, 5) is 10.4. The number of carboxylic acids is 1. The van der Waals surface area contributed by atoms with E-state index in [1.165, 1.54) is 11.4 Å². The molecular weight excluding hydrogens is 202 g/mol. The lowest BCUT2D eigenvalue weighted by Gasteiger charge is -1.94. The molecule has 1 aromatic rings. The predicted octanol–water partition coefficient (Wildman–Crippen LogP) is 0.385. The smallest absolute Gasteiger partial charge is 0.348 e. The monoisotopic (exact) mass is 207 g/mol. The Kier molecular flexibility index (Phi) is 2.66. The van der Waals surface area contributed by atoms with Crippen LogP contribution in [-0.4, -0.2) is 19.5 Å². The summed E-state index contributed by atoms with van der Waals surface area (Å²) < 4.78 is 22.4. The molecule has 0 spiro atoms. The van der Waals surface area contributed by atoms with Crippen molar-refractivity contribution in [2.24, 2.45) is 0 Å². The van der Waals surface area contributed by atoms with E-state index < -0.39 is 16.9 Å². The zero-order valence-corrected chi connectivity index (χ0v) is 7.39. The van der Waals surface area contributed by atoms with Gasteiger partial charge in [-0.3, -0.25) is 4.72 Å². The molecule has 0 amide bonds. The molecule has 0 radical (unpaired) electrons. The van der Waals surface area contributed by atoms with Crippen molar-refractivity contribution in [1.82, 2.24) is 0 Å². The van der Waals surface area contributed by atoms with Crippen LogP contribution in [0.15, 0.2) is 11.4 Å². The Balaban J connectivity index is 2.99. The minimum atomic E-state index is -2.80. The molecule has 0 unspecified atom stereocenters. The van der Waals surface area contributed by atoms with Gasteiger partial charge in [0.2, 0.25) is 10.9 Å². The Morgan fingerprint density at radius 2 is 2.25 bits per heavy atom. The molecule has 0 atom stereocenters. The summed E-state index contributed by atoms with van der Waals surface area (Å²) in [5.74, 6) is -1.13. The van der Waals surface area contributed by atoms with Crippen LogP contribution in [0.4, 0.5) is 5.69 Å². The fourth-order valence-electron chi connectivity index (χ4n) is 0.661. The van der Waals surface area contributed by atoms with Gasteiger partial charge in [-0.15, -0.1) is 11.3 Å². The van der Waals surface area contributed by atoms with Gasteiger partial charge in [0.1, 0.15) is 4.88 Å². The van der Waals surface area contributed by atoms with Crippen molar-refractivity contribution >= 4 is 33.9 Å². The summed E-state index contributed by atoms with van der Waals surface area (Å²) in [5, 5.41) is 10.0. The second kappa shape index (κ2) is 3.55. The molecule has 0 saturated heterocycles. The highest BCUT2D eigenvalue weighted by molar-refractivity contribution is 7.73. The lowest BCUT2D eigenvalue weighted by molar-refractivity contribution is 0.0703. The number of thiol groups is 1. The van der Waals surface area contributed by atoms with Gasteiger partial charge in [-0.25, -0.2) is 13.2 Å². The first kappa shape index (κ1) is 9.01. The van der Waals surface area contributed by atoms with Crippen LogP contribution in [0.3, 0.4) is 0 Å². The van der Waals surface area contributed by atoms with Crippen molar-refractivity contribution < 1.29 is 18.3 Å². The standard InChI is InChI=1S/C5H5NO4S2/c7-5(8)4-3(1-2-11-4)6-12(9)10/h1-2,12H,(H,7,8)(H,6,9,10). The number of hydrogen-bond donors (Lipinski definition) is 3. The third-order valence-corrected chi connectivity index (χ3v) is 2.40. The Labute approximate surface area is 73.7 Å². The van der Waals surface area contributed by atoms with Gasteiger partial charge in [-0.1, -0.05) is 0 Å². The maximum atomic E-state index is 10.4. The van der Waals surface area contributed by atoms with E-state index in [-0.39, 0.29) is 10.6 Å². The first-order chi connectivity index (χ1) is 5.61. The fourth-order valence-corrected chi connectivity index (χ4v) is 1.81. The zero-order chi connectivity index (χ0) is 9.14. The van der Waals surface area contributed by atoms with E-state index in [9.17, 15) is 13.2 Å². The minimum Gasteiger partial charge on any atom is -0.477 e. The van der Waals surface area contributed by atoms with Gasteiger partial charge in [0, 0.05) is 0 Å². The molecule has 0 aliphatic heterocycles. The van der Waals surface area contributed by atoms with Crippen LogP contribution < -0.4 is 4.72 Å². The maximum Gasteiger partial charge on any atom is 0.348 e. The van der Waals surface area contributed by atoms with Crippen LogP contribution >= 0.6 is 11.3 Å². The predicted molar refractivity (Wildman–Crippen MR) is 45.2 cm³/mol. The number of thiophene rings is 1. The third-order valence-electron chi connectivity index (χ3n) is 1.07.